The van der Waals surface area contributed by atoms with Gasteiger partial charge in [-0.2, -0.15) is 0 Å². The molecule has 1 aromatic carbocycles. The molecule has 0 radical (unpaired) electrons. The molecule has 6 atom stereocenters. The van der Waals surface area contributed by atoms with E-state index in [-0.39, 0.29) is 43.3 Å². The van der Waals surface area contributed by atoms with Crippen LogP contribution in [0.4, 0.5) is 13.6 Å². The third kappa shape index (κ3) is 6.67. The van der Waals surface area contributed by atoms with Crippen molar-refractivity contribution in [3.8, 4) is 11.6 Å². The highest BCUT2D eigenvalue weighted by Crippen LogP contribution is 2.42. The molecule has 1 saturated carbocycles. The van der Waals surface area contributed by atoms with Crippen molar-refractivity contribution >= 4 is 29.3 Å². The van der Waals surface area contributed by atoms with Crippen LogP contribution in [0.15, 0.2) is 18.2 Å². The van der Waals surface area contributed by atoms with Crippen LogP contribution in [0.2, 0.25) is 0 Å². The second-order valence-electron chi connectivity index (χ2n) is 13.0. The van der Waals surface area contributed by atoms with Crippen LogP contribution in [0.1, 0.15) is 65.5 Å². The Hall–Kier alpha value is -3.57. The minimum absolute atomic E-state index is 0.0438. The van der Waals surface area contributed by atoms with Gasteiger partial charge in [-0.05, 0) is 42.7 Å². The maximum Gasteiger partial charge on any atom is 0.408 e. The third-order valence-corrected chi connectivity index (χ3v) is 8.82. The highest BCUT2D eigenvalue weighted by Gasteiger charge is 2.49. The number of alkyl halides is 2. The number of nitrogens with one attached hydrogen (secondary N) is 1. The summed E-state index contributed by atoms with van der Waals surface area (Å²) in [7, 11) is 1.53. The Balaban J connectivity index is 1.55. The second-order valence-corrected chi connectivity index (χ2v) is 13.0. The van der Waals surface area contributed by atoms with Crippen LogP contribution in [-0.4, -0.2) is 77.0 Å². The molecular weight excluding hydrogens is 562 g/mol. The fourth-order valence-corrected chi connectivity index (χ4v) is 6.12. The Labute approximate surface area is 249 Å². The number of benzene rings is 1. The molecule has 2 aliphatic heterocycles. The Bertz CT molecular complexity index is 1380. The number of ether oxygens (including phenoxy) is 3. The zero-order valence-corrected chi connectivity index (χ0v) is 25.3. The Morgan fingerprint density at radius 2 is 1.91 bits per heavy atom. The molecule has 234 valence electrons. The summed E-state index contributed by atoms with van der Waals surface area (Å²) in [6.07, 6.45) is -0.898. The van der Waals surface area contributed by atoms with E-state index in [1.165, 1.54) is 12.0 Å². The summed E-state index contributed by atoms with van der Waals surface area (Å²) in [6.45, 7) is 7.37. The van der Waals surface area contributed by atoms with Crippen LogP contribution in [-0.2, 0) is 20.7 Å². The lowest BCUT2D eigenvalue weighted by molar-refractivity contribution is -0.139. The maximum atomic E-state index is 15.1. The van der Waals surface area contributed by atoms with Crippen LogP contribution >= 0.6 is 0 Å². The summed E-state index contributed by atoms with van der Waals surface area (Å²) in [5.74, 6) is -3.32. The first-order valence-electron chi connectivity index (χ1n) is 15.0. The number of aromatic nitrogens is 2. The van der Waals surface area contributed by atoms with Gasteiger partial charge in [-0.1, -0.05) is 27.7 Å². The minimum atomic E-state index is -2.98. The van der Waals surface area contributed by atoms with Gasteiger partial charge in [0.25, 0.3) is 0 Å². The Kier molecular flexibility index (Phi) is 8.50. The standard InChI is InChI=1S/C31H40F2N4O6/c1-6-19-23(16-38)37-15-25(19)42-27-21(34-20-8-7-18(41-5)14-22(20)35-27)10-12-31(32,33)11-9-17-13-24(17)43-29(40)36-26(28(37)39)30(2,3)4/h7-8,14,16-17,19,23-26H,6,9-13,15H2,1-5H3,(H,36,40)/t17-,19+,23-,24-,25+,26-/m1/s1. The van der Waals surface area contributed by atoms with Crippen LogP contribution in [0.3, 0.4) is 0 Å². The largest absolute Gasteiger partial charge is 0.497 e. The fourth-order valence-electron chi connectivity index (χ4n) is 6.12. The van der Waals surface area contributed by atoms with E-state index in [0.29, 0.717) is 29.6 Å². The number of alkyl carbamates (subject to hydrolysis) is 1. The van der Waals surface area contributed by atoms with Gasteiger partial charge in [0.2, 0.25) is 17.7 Å². The van der Waals surface area contributed by atoms with E-state index in [0.717, 1.165) is 6.29 Å². The predicted octanol–water partition coefficient (Wildman–Crippen LogP) is 4.71. The van der Waals surface area contributed by atoms with E-state index in [1.54, 1.807) is 18.2 Å². The molecule has 43 heavy (non-hydrogen) atoms. The molecule has 2 amide bonds. The summed E-state index contributed by atoms with van der Waals surface area (Å²) < 4.78 is 47.4. The van der Waals surface area contributed by atoms with Gasteiger partial charge in [-0.25, -0.2) is 23.5 Å². The van der Waals surface area contributed by atoms with Crippen LogP contribution in [0.5, 0.6) is 11.6 Å². The number of carbonyl (C=O) groups is 3. The molecule has 10 nitrogen and oxygen atoms in total. The van der Waals surface area contributed by atoms with Crippen molar-refractivity contribution in [1.82, 2.24) is 20.2 Å². The van der Waals surface area contributed by atoms with Gasteiger partial charge in [0, 0.05) is 31.2 Å². The van der Waals surface area contributed by atoms with Crippen molar-refractivity contribution < 1.29 is 37.4 Å². The van der Waals surface area contributed by atoms with Crippen molar-refractivity contribution in [2.24, 2.45) is 17.3 Å². The molecule has 1 saturated heterocycles. The minimum Gasteiger partial charge on any atom is -0.497 e. The molecule has 0 unspecified atom stereocenters. The maximum absolute atomic E-state index is 15.1. The van der Waals surface area contributed by atoms with E-state index < -0.39 is 60.0 Å². The molecule has 3 aliphatic rings. The lowest BCUT2D eigenvalue weighted by Gasteiger charge is -2.34. The normalized spacial score (nSPS) is 29.7. The van der Waals surface area contributed by atoms with Gasteiger partial charge < -0.3 is 29.2 Å². The second kappa shape index (κ2) is 11.8. The molecule has 0 spiro atoms. The number of nitrogens with zero attached hydrogens (tertiary/aromatic N) is 3. The summed E-state index contributed by atoms with van der Waals surface area (Å²) in [6, 6.07) is 3.31. The number of carbonyl (C=O) groups excluding carboxylic acids is 3. The SMILES string of the molecule is CC[C@@H]1[C@@H]2CN(C(=O)[C@H](C(C)(C)C)NC(=O)O[C@@H]3C[C@H]3CCC(F)(F)CCc3nc4ccc(OC)cc4nc3O2)[C@@H]1C=O. The summed E-state index contributed by atoms with van der Waals surface area (Å²) in [4.78, 5) is 50.0. The number of rotatable bonds is 3. The zero-order chi connectivity index (χ0) is 31.1. The van der Waals surface area contributed by atoms with E-state index in [4.69, 9.17) is 14.2 Å². The average molecular weight is 603 g/mol. The molecule has 2 fully saturated rings. The van der Waals surface area contributed by atoms with Crippen LogP contribution < -0.4 is 14.8 Å². The molecule has 5 rings (SSSR count). The molecule has 1 N–H and O–H groups in total. The van der Waals surface area contributed by atoms with Gasteiger partial charge in [-0.15, -0.1) is 0 Å². The molecule has 2 aromatic rings. The lowest BCUT2D eigenvalue weighted by atomic mass is 9.85. The van der Waals surface area contributed by atoms with Crippen molar-refractivity contribution in [3.63, 3.8) is 0 Å². The number of hydrogen-bond donors (Lipinski definition) is 1. The number of hydrogen-bond acceptors (Lipinski definition) is 8. The van der Waals surface area contributed by atoms with Gasteiger partial charge in [0.1, 0.15) is 36.0 Å². The van der Waals surface area contributed by atoms with Gasteiger partial charge >= 0.3 is 6.09 Å². The molecule has 2 bridgehead atoms. The van der Waals surface area contributed by atoms with Gasteiger partial charge in [0.05, 0.1) is 30.7 Å². The van der Waals surface area contributed by atoms with Crippen LogP contribution in [0, 0.1) is 17.3 Å². The molecule has 1 aromatic heterocycles. The number of fused-ring (bicyclic) bond motifs is 5. The number of aldehydes is 1. The number of halogens is 2. The number of amides is 2. The first kappa shape index (κ1) is 30.9. The van der Waals surface area contributed by atoms with E-state index in [9.17, 15) is 14.4 Å². The van der Waals surface area contributed by atoms with E-state index in [2.05, 4.69) is 15.3 Å². The highest BCUT2D eigenvalue weighted by atomic mass is 19.3. The Morgan fingerprint density at radius 3 is 2.58 bits per heavy atom. The smallest absolute Gasteiger partial charge is 0.408 e. The van der Waals surface area contributed by atoms with Crippen molar-refractivity contribution in [1.29, 1.82) is 0 Å². The average Bonchev–Trinajstić information content (AvgIpc) is 3.60. The van der Waals surface area contributed by atoms with Crippen molar-refractivity contribution in [2.45, 2.75) is 96.4 Å². The lowest BCUT2D eigenvalue weighted by Crippen LogP contribution is -2.56. The fraction of sp³-hybridized carbons (Fsp3) is 0.645. The first-order valence-corrected chi connectivity index (χ1v) is 15.0. The molecule has 12 heteroatoms. The van der Waals surface area contributed by atoms with Crippen molar-refractivity contribution in [2.75, 3.05) is 13.7 Å². The summed E-state index contributed by atoms with van der Waals surface area (Å²) in [5, 5.41) is 2.70. The van der Waals surface area contributed by atoms with E-state index >= 15 is 8.78 Å². The first-order chi connectivity index (χ1) is 20.3. The zero-order valence-electron chi connectivity index (χ0n) is 25.3. The highest BCUT2D eigenvalue weighted by molar-refractivity contribution is 5.89. The number of methoxy groups -OCH3 is 1. The number of aryl methyl sites for hydroxylation is 1. The van der Waals surface area contributed by atoms with Gasteiger partial charge in [0.15, 0.2) is 0 Å². The van der Waals surface area contributed by atoms with Gasteiger partial charge in [-0.3, -0.25) is 4.79 Å². The quantitative estimate of drug-likeness (QED) is 0.502. The topological polar surface area (TPSA) is 120 Å². The summed E-state index contributed by atoms with van der Waals surface area (Å²) >= 11 is 0. The van der Waals surface area contributed by atoms with E-state index in [1.807, 2.05) is 27.7 Å². The van der Waals surface area contributed by atoms with Crippen LogP contribution in [0.25, 0.3) is 11.0 Å². The molecule has 3 heterocycles. The molecule has 1 aliphatic carbocycles. The monoisotopic (exact) mass is 602 g/mol. The molecular formula is C31H40F2N4O6. The summed E-state index contributed by atoms with van der Waals surface area (Å²) in [5.41, 5.74) is 0.546. The predicted molar refractivity (Wildman–Crippen MR) is 153 cm³/mol. The Morgan fingerprint density at radius 1 is 1.14 bits per heavy atom. The third-order valence-electron chi connectivity index (χ3n) is 8.82. The van der Waals surface area contributed by atoms with Crippen molar-refractivity contribution in [3.05, 3.63) is 23.9 Å².